The van der Waals surface area contributed by atoms with Gasteiger partial charge in [0.25, 0.3) is 0 Å². The Bertz CT molecular complexity index is 489. The van der Waals surface area contributed by atoms with E-state index in [-0.39, 0.29) is 23.4 Å². The van der Waals surface area contributed by atoms with Crippen LogP contribution in [-0.4, -0.2) is 29.9 Å². The van der Waals surface area contributed by atoms with E-state index in [1.54, 1.807) is 6.20 Å². The second kappa shape index (κ2) is 4.18. The summed E-state index contributed by atoms with van der Waals surface area (Å²) < 4.78 is 22.6. The molecule has 0 radical (unpaired) electrons. The lowest BCUT2D eigenvalue weighted by Crippen LogP contribution is -2.22. The van der Waals surface area contributed by atoms with Gasteiger partial charge in [0, 0.05) is 11.8 Å². The Morgan fingerprint density at radius 3 is 2.56 bits per heavy atom. The molecule has 0 unspecified atom stereocenters. The second-order valence-corrected chi connectivity index (χ2v) is 6.56. The highest BCUT2D eigenvalue weighted by Gasteiger charge is 2.26. The molecule has 1 fully saturated rings. The van der Waals surface area contributed by atoms with Gasteiger partial charge in [-0.15, -0.1) is 0 Å². The van der Waals surface area contributed by atoms with Crippen LogP contribution < -0.4 is 5.73 Å². The van der Waals surface area contributed by atoms with Crippen LogP contribution in [0, 0.1) is 0 Å². The van der Waals surface area contributed by atoms with E-state index >= 15 is 0 Å². The first-order chi connectivity index (χ1) is 7.48. The van der Waals surface area contributed by atoms with Gasteiger partial charge in [0.15, 0.2) is 0 Å². The Balaban J connectivity index is 2.20. The standard InChI is InChI=1S/C9H12ClN3O2S/c10-8-7(5-12-9(11)13-8)6-1-3-16(14,15)4-2-6/h5-6H,1-4H2,(H2,11,12,13). The summed E-state index contributed by atoms with van der Waals surface area (Å²) in [4.78, 5) is 7.75. The number of nitrogens with zero attached hydrogens (tertiary/aromatic N) is 2. The van der Waals surface area contributed by atoms with Crippen molar-refractivity contribution in [3.63, 3.8) is 0 Å². The van der Waals surface area contributed by atoms with Crippen molar-refractivity contribution < 1.29 is 8.42 Å². The maximum Gasteiger partial charge on any atom is 0.221 e. The zero-order valence-electron chi connectivity index (χ0n) is 8.56. The van der Waals surface area contributed by atoms with E-state index in [0.717, 1.165) is 5.56 Å². The Morgan fingerprint density at radius 1 is 1.38 bits per heavy atom. The van der Waals surface area contributed by atoms with Crippen LogP contribution >= 0.6 is 11.6 Å². The van der Waals surface area contributed by atoms with Crippen LogP contribution in [0.5, 0.6) is 0 Å². The predicted molar refractivity (Wildman–Crippen MR) is 62.1 cm³/mol. The van der Waals surface area contributed by atoms with Gasteiger partial charge >= 0.3 is 0 Å². The van der Waals surface area contributed by atoms with Crippen molar-refractivity contribution in [3.05, 3.63) is 16.9 Å². The summed E-state index contributed by atoms with van der Waals surface area (Å²) in [6.07, 6.45) is 2.75. The first-order valence-electron chi connectivity index (χ1n) is 4.96. The van der Waals surface area contributed by atoms with E-state index in [0.29, 0.717) is 18.0 Å². The lowest BCUT2D eigenvalue weighted by atomic mass is 9.96. The fourth-order valence-electron chi connectivity index (χ4n) is 1.86. The highest BCUT2D eigenvalue weighted by molar-refractivity contribution is 7.91. The SMILES string of the molecule is Nc1ncc(C2CCS(=O)(=O)CC2)c(Cl)n1. The molecule has 0 bridgehead atoms. The molecule has 2 N–H and O–H groups in total. The zero-order valence-corrected chi connectivity index (χ0v) is 10.1. The maximum absolute atomic E-state index is 11.3. The fraction of sp³-hybridized carbons (Fsp3) is 0.556. The van der Waals surface area contributed by atoms with E-state index in [9.17, 15) is 8.42 Å². The number of sulfone groups is 1. The third-order valence-corrected chi connectivity index (χ3v) is 4.80. The lowest BCUT2D eigenvalue weighted by molar-refractivity contribution is 0.549. The van der Waals surface area contributed by atoms with Gasteiger partial charge in [-0.1, -0.05) is 11.6 Å². The van der Waals surface area contributed by atoms with Crippen LogP contribution in [0.1, 0.15) is 24.3 Å². The molecular weight excluding hydrogens is 250 g/mol. The largest absolute Gasteiger partial charge is 0.368 e. The number of halogens is 1. The summed E-state index contributed by atoms with van der Waals surface area (Å²) in [5.74, 6) is 0.672. The van der Waals surface area contributed by atoms with E-state index < -0.39 is 9.84 Å². The minimum absolute atomic E-state index is 0.122. The second-order valence-electron chi connectivity index (χ2n) is 3.90. The molecule has 88 valence electrons. The molecule has 1 aromatic heterocycles. The topological polar surface area (TPSA) is 85.9 Å². The Kier molecular flexibility index (Phi) is 3.03. The molecule has 1 aliphatic heterocycles. The molecule has 0 amide bonds. The summed E-state index contributed by atoms with van der Waals surface area (Å²) in [6, 6.07) is 0. The van der Waals surface area contributed by atoms with Crippen LogP contribution in [0.2, 0.25) is 5.15 Å². The van der Waals surface area contributed by atoms with Gasteiger partial charge in [-0.3, -0.25) is 0 Å². The summed E-state index contributed by atoms with van der Waals surface area (Å²) >= 11 is 5.95. The van der Waals surface area contributed by atoms with Crippen LogP contribution in [0.25, 0.3) is 0 Å². The molecule has 16 heavy (non-hydrogen) atoms. The first-order valence-corrected chi connectivity index (χ1v) is 7.16. The van der Waals surface area contributed by atoms with Gasteiger partial charge in [0.2, 0.25) is 5.95 Å². The van der Waals surface area contributed by atoms with Gasteiger partial charge in [-0.25, -0.2) is 18.4 Å². The highest BCUT2D eigenvalue weighted by Crippen LogP contribution is 2.32. The molecule has 1 saturated heterocycles. The monoisotopic (exact) mass is 261 g/mol. The Morgan fingerprint density at radius 2 is 2.00 bits per heavy atom. The molecular formula is C9H12ClN3O2S. The molecule has 0 saturated carbocycles. The van der Waals surface area contributed by atoms with E-state index in [1.807, 2.05) is 0 Å². The Hall–Kier alpha value is -0.880. The van der Waals surface area contributed by atoms with Gasteiger partial charge in [0.05, 0.1) is 11.5 Å². The van der Waals surface area contributed by atoms with Crippen molar-refractivity contribution in [1.82, 2.24) is 9.97 Å². The van der Waals surface area contributed by atoms with Gasteiger partial charge in [-0.2, -0.15) is 0 Å². The zero-order chi connectivity index (χ0) is 11.8. The highest BCUT2D eigenvalue weighted by atomic mass is 35.5. The number of anilines is 1. The van der Waals surface area contributed by atoms with Crippen molar-refractivity contribution in [1.29, 1.82) is 0 Å². The van der Waals surface area contributed by atoms with Crippen molar-refractivity contribution >= 4 is 27.4 Å². The summed E-state index contributed by atoms with van der Waals surface area (Å²) in [7, 11) is -2.85. The van der Waals surface area contributed by atoms with E-state index in [1.165, 1.54) is 0 Å². The van der Waals surface area contributed by atoms with E-state index in [2.05, 4.69) is 9.97 Å². The molecule has 0 aliphatic carbocycles. The molecule has 1 aliphatic rings. The average molecular weight is 262 g/mol. The maximum atomic E-state index is 11.3. The number of nitrogens with two attached hydrogens (primary N) is 1. The fourth-order valence-corrected chi connectivity index (χ4v) is 3.64. The normalized spacial score (nSPS) is 20.8. The van der Waals surface area contributed by atoms with Crippen molar-refractivity contribution in [2.75, 3.05) is 17.2 Å². The van der Waals surface area contributed by atoms with Gasteiger partial charge < -0.3 is 5.73 Å². The quantitative estimate of drug-likeness (QED) is 0.763. The van der Waals surface area contributed by atoms with Crippen LogP contribution in [0.4, 0.5) is 5.95 Å². The number of nitrogen functional groups attached to an aromatic ring is 1. The summed E-state index contributed by atoms with van der Waals surface area (Å²) in [6.45, 7) is 0. The third-order valence-electron chi connectivity index (χ3n) is 2.78. The van der Waals surface area contributed by atoms with Crippen molar-refractivity contribution in [2.45, 2.75) is 18.8 Å². The molecule has 0 spiro atoms. The number of hydrogen-bond donors (Lipinski definition) is 1. The van der Waals surface area contributed by atoms with Crippen LogP contribution in [0.15, 0.2) is 6.20 Å². The lowest BCUT2D eigenvalue weighted by Gasteiger charge is -2.22. The molecule has 5 nitrogen and oxygen atoms in total. The third kappa shape index (κ3) is 2.44. The van der Waals surface area contributed by atoms with Crippen LogP contribution in [-0.2, 0) is 9.84 Å². The first kappa shape index (κ1) is 11.6. The van der Waals surface area contributed by atoms with Crippen molar-refractivity contribution in [2.24, 2.45) is 0 Å². The molecule has 0 aromatic carbocycles. The van der Waals surface area contributed by atoms with Gasteiger partial charge in [0.1, 0.15) is 15.0 Å². The summed E-state index contributed by atoms with van der Waals surface area (Å²) in [5.41, 5.74) is 6.19. The van der Waals surface area contributed by atoms with Crippen LogP contribution in [0.3, 0.4) is 0 Å². The van der Waals surface area contributed by atoms with Crippen molar-refractivity contribution in [3.8, 4) is 0 Å². The molecule has 7 heteroatoms. The van der Waals surface area contributed by atoms with E-state index in [4.69, 9.17) is 17.3 Å². The molecule has 0 atom stereocenters. The smallest absolute Gasteiger partial charge is 0.221 e. The summed E-state index contributed by atoms with van der Waals surface area (Å²) in [5, 5.41) is 0.330. The number of rotatable bonds is 1. The average Bonchev–Trinajstić information content (AvgIpc) is 2.19. The molecule has 2 heterocycles. The minimum atomic E-state index is -2.85. The Labute approximate surface area is 99.0 Å². The minimum Gasteiger partial charge on any atom is -0.368 e. The van der Waals surface area contributed by atoms with Gasteiger partial charge in [-0.05, 0) is 18.8 Å². The number of hydrogen-bond acceptors (Lipinski definition) is 5. The number of aromatic nitrogens is 2. The molecule has 1 aromatic rings. The predicted octanol–water partition coefficient (Wildman–Crippen LogP) is 1.00. The molecule has 2 rings (SSSR count).